The van der Waals surface area contributed by atoms with Gasteiger partial charge in [-0.1, -0.05) is 13.8 Å². The van der Waals surface area contributed by atoms with Gasteiger partial charge in [0, 0.05) is 5.92 Å². The molecule has 0 bridgehead atoms. The van der Waals surface area contributed by atoms with Gasteiger partial charge in [-0.2, -0.15) is 0 Å². The highest BCUT2D eigenvalue weighted by molar-refractivity contribution is 6.01. The summed E-state index contributed by atoms with van der Waals surface area (Å²) in [6.45, 7) is 4.56. The fraction of sp³-hybridized carbons (Fsp3) is 0.737. The molecule has 0 heterocycles. The van der Waals surface area contributed by atoms with Crippen molar-refractivity contribution in [2.24, 2.45) is 22.7 Å². The van der Waals surface area contributed by atoms with Crippen LogP contribution in [0, 0.1) is 22.7 Å². The van der Waals surface area contributed by atoms with E-state index in [9.17, 15) is 15.0 Å². The molecular weight excluding hydrogens is 276 g/mol. The molecule has 2 N–H and O–H groups in total. The van der Waals surface area contributed by atoms with Crippen molar-refractivity contribution in [1.29, 1.82) is 0 Å². The molecule has 120 valence electrons. The van der Waals surface area contributed by atoms with Gasteiger partial charge in [-0.15, -0.1) is 0 Å². The van der Waals surface area contributed by atoms with Crippen LogP contribution in [0.2, 0.25) is 0 Å². The van der Waals surface area contributed by atoms with Crippen LogP contribution in [0.15, 0.2) is 23.8 Å². The Morgan fingerprint density at radius 2 is 1.86 bits per heavy atom. The topological polar surface area (TPSA) is 57.5 Å². The fourth-order valence-electron chi connectivity index (χ4n) is 6.41. The van der Waals surface area contributed by atoms with Crippen LogP contribution in [0.1, 0.15) is 52.4 Å². The summed E-state index contributed by atoms with van der Waals surface area (Å²) in [5.74, 6) is 0.623. The van der Waals surface area contributed by atoms with Gasteiger partial charge >= 0.3 is 0 Å². The number of hydrogen-bond donors (Lipinski definition) is 2. The Bertz CT molecular complexity index is 591. The average Bonchev–Trinajstić information content (AvgIpc) is 2.77. The number of carbonyl (C=O) groups excluding carboxylic acids is 1. The van der Waals surface area contributed by atoms with Crippen molar-refractivity contribution < 1.29 is 15.0 Å². The third-order valence-electron chi connectivity index (χ3n) is 7.65. The zero-order valence-electron chi connectivity index (χ0n) is 13.5. The van der Waals surface area contributed by atoms with Gasteiger partial charge in [0.15, 0.2) is 5.78 Å². The lowest BCUT2D eigenvalue weighted by molar-refractivity contribution is -0.145. The normalized spacial score (nSPS) is 53.5. The van der Waals surface area contributed by atoms with Gasteiger partial charge in [0.1, 0.15) is 5.60 Å². The second-order valence-electron chi connectivity index (χ2n) is 8.48. The Balaban J connectivity index is 1.77. The molecule has 0 aliphatic heterocycles. The number of carbonyl (C=O) groups is 1. The predicted molar refractivity (Wildman–Crippen MR) is 84.1 cm³/mol. The maximum atomic E-state index is 11.7. The minimum Gasteiger partial charge on any atom is -0.393 e. The molecule has 4 aliphatic rings. The highest BCUT2D eigenvalue weighted by Gasteiger charge is 2.64. The summed E-state index contributed by atoms with van der Waals surface area (Å²) < 4.78 is 0. The smallest absolute Gasteiger partial charge is 0.178 e. The van der Waals surface area contributed by atoms with Crippen LogP contribution in [0.5, 0.6) is 0 Å². The lowest BCUT2D eigenvalue weighted by atomic mass is 9.44. The summed E-state index contributed by atoms with van der Waals surface area (Å²) in [5.41, 5.74) is -0.00156. The summed E-state index contributed by atoms with van der Waals surface area (Å²) in [7, 11) is 0. The maximum Gasteiger partial charge on any atom is 0.178 e. The van der Waals surface area contributed by atoms with E-state index >= 15 is 0 Å². The third kappa shape index (κ3) is 1.62. The van der Waals surface area contributed by atoms with E-state index in [0.29, 0.717) is 5.92 Å². The summed E-state index contributed by atoms with van der Waals surface area (Å²) in [6, 6.07) is 0. The fourth-order valence-corrected chi connectivity index (χ4v) is 6.41. The molecule has 0 aromatic carbocycles. The van der Waals surface area contributed by atoms with Crippen LogP contribution < -0.4 is 0 Å². The van der Waals surface area contributed by atoms with Crippen LogP contribution >= 0.6 is 0 Å². The van der Waals surface area contributed by atoms with Crippen molar-refractivity contribution >= 4 is 5.78 Å². The van der Waals surface area contributed by atoms with E-state index in [1.807, 2.05) is 0 Å². The molecule has 22 heavy (non-hydrogen) atoms. The van der Waals surface area contributed by atoms with E-state index < -0.39 is 5.60 Å². The molecule has 3 nitrogen and oxygen atoms in total. The molecule has 4 aliphatic carbocycles. The molecule has 3 heteroatoms. The van der Waals surface area contributed by atoms with Crippen molar-refractivity contribution in [3.8, 4) is 0 Å². The van der Waals surface area contributed by atoms with Crippen molar-refractivity contribution in [3.63, 3.8) is 0 Å². The molecule has 3 saturated carbocycles. The Morgan fingerprint density at radius 3 is 2.64 bits per heavy atom. The van der Waals surface area contributed by atoms with E-state index in [2.05, 4.69) is 13.8 Å². The van der Waals surface area contributed by atoms with E-state index in [-0.39, 0.29) is 28.6 Å². The molecule has 6 atom stereocenters. The zero-order chi connectivity index (χ0) is 15.8. The van der Waals surface area contributed by atoms with E-state index in [0.717, 1.165) is 44.1 Å². The lowest BCUT2D eigenvalue weighted by Gasteiger charge is -2.61. The van der Waals surface area contributed by atoms with Gasteiger partial charge < -0.3 is 10.2 Å². The van der Waals surface area contributed by atoms with Crippen LogP contribution in [-0.4, -0.2) is 27.7 Å². The first kappa shape index (κ1) is 14.6. The van der Waals surface area contributed by atoms with Crippen molar-refractivity contribution in [3.05, 3.63) is 23.8 Å². The summed E-state index contributed by atoms with van der Waals surface area (Å²) in [5, 5.41) is 21.9. The van der Waals surface area contributed by atoms with Crippen molar-refractivity contribution in [2.45, 2.75) is 64.1 Å². The highest BCUT2D eigenvalue weighted by Crippen LogP contribution is 2.67. The number of fused-ring (bicyclic) bond motifs is 5. The van der Waals surface area contributed by atoms with Crippen LogP contribution in [0.4, 0.5) is 0 Å². The summed E-state index contributed by atoms with van der Waals surface area (Å²) in [6.07, 6.45) is 10.4. The van der Waals surface area contributed by atoms with E-state index in [1.54, 1.807) is 12.2 Å². The van der Waals surface area contributed by atoms with E-state index in [1.165, 1.54) is 6.08 Å². The largest absolute Gasteiger partial charge is 0.393 e. The molecule has 3 fully saturated rings. The summed E-state index contributed by atoms with van der Waals surface area (Å²) >= 11 is 0. The summed E-state index contributed by atoms with van der Waals surface area (Å²) in [4.78, 5) is 11.7. The molecular formula is C19H26O3. The number of rotatable bonds is 0. The number of aliphatic hydroxyl groups is 2. The number of hydrogen-bond acceptors (Lipinski definition) is 3. The monoisotopic (exact) mass is 302 g/mol. The van der Waals surface area contributed by atoms with Gasteiger partial charge in [-0.05, 0) is 79.1 Å². The quantitative estimate of drug-likeness (QED) is 0.723. The third-order valence-corrected chi connectivity index (χ3v) is 7.65. The standard InChI is InChI=1S/C19H26O3/c1-17-8-5-12-11-13(20)6-10-19(12,22)15(17)7-9-18(2)14(17)3-4-16(18)21/h6,10-11,14-16,21-22H,3-5,7-9H2,1-2H3/t14-,15-,16-,17-,18-,19?/m0/s1. The molecule has 0 aromatic heterocycles. The van der Waals surface area contributed by atoms with Crippen molar-refractivity contribution in [1.82, 2.24) is 0 Å². The minimum atomic E-state index is -0.949. The predicted octanol–water partition coefficient (Wildman–Crippen LogP) is 2.77. The first-order chi connectivity index (χ1) is 10.3. The van der Waals surface area contributed by atoms with Gasteiger partial charge in [-0.3, -0.25) is 4.79 Å². The van der Waals surface area contributed by atoms with Gasteiger partial charge in [-0.25, -0.2) is 0 Å². The Hall–Kier alpha value is -0.930. The number of allylic oxidation sites excluding steroid dienone is 2. The van der Waals surface area contributed by atoms with Crippen molar-refractivity contribution in [2.75, 3.05) is 0 Å². The second-order valence-corrected chi connectivity index (χ2v) is 8.48. The molecule has 0 spiro atoms. The van der Waals surface area contributed by atoms with Crippen LogP contribution in [0.3, 0.4) is 0 Å². The first-order valence-electron chi connectivity index (χ1n) is 8.65. The molecule has 0 radical (unpaired) electrons. The van der Waals surface area contributed by atoms with E-state index in [4.69, 9.17) is 0 Å². The lowest BCUT2D eigenvalue weighted by Crippen LogP contribution is -2.59. The Kier molecular flexibility index (Phi) is 2.88. The molecule has 4 rings (SSSR count). The van der Waals surface area contributed by atoms with Gasteiger partial charge in [0.2, 0.25) is 0 Å². The van der Waals surface area contributed by atoms with Crippen LogP contribution in [0.25, 0.3) is 0 Å². The molecule has 0 amide bonds. The Morgan fingerprint density at radius 1 is 1.09 bits per heavy atom. The number of ketones is 1. The van der Waals surface area contributed by atoms with Crippen LogP contribution in [-0.2, 0) is 4.79 Å². The number of aliphatic hydroxyl groups excluding tert-OH is 1. The molecule has 0 saturated heterocycles. The molecule has 0 aromatic rings. The highest BCUT2D eigenvalue weighted by atomic mass is 16.3. The first-order valence-corrected chi connectivity index (χ1v) is 8.65. The average molecular weight is 302 g/mol. The Labute approximate surface area is 132 Å². The minimum absolute atomic E-state index is 0.000199. The van der Waals surface area contributed by atoms with Gasteiger partial charge in [0.25, 0.3) is 0 Å². The zero-order valence-corrected chi connectivity index (χ0v) is 13.5. The second kappa shape index (κ2) is 4.33. The maximum absolute atomic E-state index is 11.7. The van der Waals surface area contributed by atoms with Gasteiger partial charge in [0.05, 0.1) is 6.10 Å². The SMILES string of the molecule is C[C@@]12CCC3=CC(=O)C=CC3(O)[C@H]1CC[C@@]1(C)[C@H]2CC[C@@H]1O. The molecule has 1 unspecified atom stereocenters.